The van der Waals surface area contributed by atoms with Crippen molar-refractivity contribution in [2.45, 2.75) is 38.8 Å². The molecule has 8 heteroatoms. The van der Waals surface area contributed by atoms with E-state index in [1.165, 1.54) is 6.04 Å². The maximum atomic E-state index is 9.04. The van der Waals surface area contributed by atoms with Crippen molar-refractivity contribution in [1.29, 1.82) is 0 Å². The van der Waals surface area contributed by atoms with Gasteiger partial charge in [-0.2, -0.15) is 10.2 Å². The summed E-state index contributed by atoms with van der Waals surface area (Å²) < 4.78 is 15.7. The Morgan fingerprint density at radius 1 is 0.969 bits per heavy atom. The molecule has 0 amide bonds. The van der Waals surface area contributed by atoms with Gasteiger partial charge in [-0.25, -0.2) is 4.68 Å². The molecule has 1 N–H and O–H groups in total. The average Bonchev–Trinajstić information content (AvgIpc) is 3.42. The topological polar surface area (TPSA) is 74.3 Å². The lowest BCUT2D eigenvalue weighted by molar-refractivity contribution is 0.0801. The van der Waals surface area contributed by atoms with Crippen LogP contribution in [-0.2, 0) is 18.0 Å². The summed E-state index contributed by atoms with van der Waals surface area (Å²) in [6.45, 7) is 6.77. The van der Waals surface area contributed by atoms with Gasteiger partial charge in [-0.05, 0) is 61.0 Å². The SMILES string of the molecule is C[SiH](C)CCOCn1nccc1-c1ccc(Oc2ccc3c(cnn3CCCO)c2)cc1. The molecule has 0 radical (unpaired) electrons. The maximum absolute atomic E-state index is 9.04. The van der Waals surface area contributed by atoms with Crippen LogP contribution in [0.3, 0.4) is 0 Å². The first-order valence-electron chi connectivity index (χ1n) is 11.1. The number of aliphatic hydroxyl groups excluding tert-OH is 1. The first kappa shape index (κ1) is 22.3. The van der Waals surface area contributed by atoms with E-state index in [1.54, 1.807) is 6.20 Å². The second-order valence-corrected chi connectivity index (χ2v) is 11.6. The van der Waals surface area contributed by atoms with Crippen molar-refractivity contribution in [3.8, 4) is 22.8 Å². The van der Waals surface area contributed by atoms with Gasteiger partial charge in [0.05, 0.1) is 17.4 Å². The third-order valence-corrected chi connectivity index (χ3v) is 6.69. The molecule has 0 atom stereocenters. The Morgan fingerprint density at radius 3 is 2.56 bits per heavy atom. The zero-order valence-electron chi connectivity index (χ0n) is 18.6. The van der Waals surface area contributed by atoms with E-state index in [4.69, 9.17) is 14.6 Å². The predicted molar refractivity (Wildman–Crippen MR) is 129 cm³/mol. The van der Waals surface area contributed by atoms with Crippen LogP contribution in [0.1, 0.15) is 6.42 Å². The number of aromatic nitrogens is 4. The van der Waals surface area contributed by atoms with Crippen molar-refractivity contribution in [1.82, 2.24) is 19.6 Å². The summed E-state index contributed by atoms with van der Waals surface area (Å²) in [5, 5.41) is 18.8. The zero-order valence-corrected chi connectivity index (χ0v) is 19.8. The van der Waals surface area contributed by atoms with Gasteiger partial charge < -0.3 is 14.6 Å². The normalized spacial score (nSPS) is 11.5. The summed E-state index contributed by atoms with van der Waals surface area (Å²) in [7, 11) is -0.589. The Kier molecular flexibility index (Phi) is 7.36. The molecule has 0 saturated carbocycles. The fourth-order valence-electron chi connectivity index (χ4n) is 3.51. The number of aryl methyl sites for hydroxylation is 1. The second-order valence-electron chi connectivity index (χ2n) is 8.23. The number of ether oxygens (including phenoxy) is 2. The number of aliphatic hydroxyl groups is 1. The molecule has 4 rings (SSSR count). The Morgan fingerprint density at radius 2 is 1.78 bits per heavy atom. The lowest BCUT2D eigenvalue weighted by Crippen LogP contribution is -2.10. The molecular weight excluding hydrogens is 420 g/mol. The minimum absolute atomic E-state index is 0.159. The van der Waals surface area contributed by atoms with E-state index >= 15 is 0 Å². The molecule has 0 aliphatic rings. The van der Waals surface area contributed by atoms with Crippen molar-refractivity contribution in [2.24, 2.45) is 0 Å². The van der Waals surface area contributed by atoms with Crippen LogP contribution in [0, 0.1) is 0 Å². The molecule has 4 aromatic rings. The highest BCUT2D eigenvalue weighted by molar-refractivity contribution is 6.55. The zero-order chi connectivity index (χ0) is 22.3. The number of rotatable bonds is 11. The minimum atomic E-state index is -0.589. The average molecular weight is 451 g/mol. The lowest BCUT2D eigenvalue weighted by Gasteiger charge is -2.11. The van der Waals surface area contributed by atoms with Crippen LogP contribution >= 0.6 is 0 Å². The Balaban J connectivity index is 1.41. The van der Waals surface area contributed by atoms with Crippen molar-refractivity contribution >= 4 is 19.7 Å². The molecule has 2 aromatic carbocycles. The van der Waals surface area contributed by atoms with Crippen molar-refractivity contribution in [3.05, 3.63) is 60.9 Å². The largest absolute Gasteiger partial charge is 0.457 e. The standard InChI is InChI=1S/C24H30N4O3Si/c1-32(2)15-14-30-18-28-24(10-11-25-28)19-4-6-21(7-5-19)31-22-8-9-23-20(16-22)17-26-27(23)12-3-13-29/h4-11,16-17,29,32H,3,12-15,18H2,1-2H3. The van der Waals surface area contributed by atoms with Gasteiger partial charge in [0.2, 0.25) is 0 Å². The number of fused-ring (bicyclic) bond motifs is 1. The van der Waals surface area contributed by atoms with Gasteiger partial charge in [0.1, 0.15) is 18.2 Å². The molecule has 0 spiro atoms. The van der Waals surface area contributed by atoms with Crippen LogP contribution in [0.15, 0.2) is 60.9 Å². The van der Waals surface area contributed by atoms with Crippen molar-refractivity contribution in [3.63, 3.8) is 0 Å². The van der Waals surface area contributed by atoms with Crippen molar-refractivity contribution < 1.29 is 14.6 Å². The highest BCUT2D eigenvalue weighted by Crippen LogP contribution is 2.28. The van der Waals surface area contributed by atoms with Gasteiger partial charge in [-0.3, -0.25) is 4.68 Å². The fourth-order valence-corrected chi connectivity index (χ4v) is 4.15. The first-order chi connectivity index (χ1) is 15.6. The molecule has 0 aliphatic carbocycles. The van der Waals surface area contributed by atoms with Gasteiger partial charge in [-0.15, -0.1) is 0 Å². The molecule has 7 nitrogen and oxygen atoms in total. The van der Waals surface area contributed by atoms with E-state index < -0.39 is 8.80 Å². The summed E-state index contributed by atoms with van der Waals surface area (Å²) >= 11 is 0. The summed E-state index contributed by atoms with van der Waals surface area (Å²) in [4.78, 5) is 0. The molecule has 0 saturated heterocycles. The summed E-state index contributed by atoms with van der Waals surface area (Å²) in [5.41, 5.74) is 3.12. The quantitative estimate of drug-likeness (QED) is 0.268. The summed E-state index contributed by atoms with van der Waals surface area (Å²) in [6.07, 6.45) is 4.32. The molecule has 32 heavy (non-hydrogen) atoms. The van der Waals surface area contributed by atoms with Crippen LogP contribution in [0.5, 0.6) is 11.5 Å². The number of nitrogens with zero attached hydrogens (tertiary/aromatic N) is 4. The molecule has 168 valence electrons. The smallest absolute Gasteiger partial charge is 0.139 e. The van der Waals surface area contributed by atoms with Crippen molar-refractivity contribution in [2.75, 3.05) is 13.2 Å². The van der Waals surface area contributed by atoms with E-state index in [0.29, 0.717) is 19.7 Å². The Labute approximate surface area is 189 Å². The van der Waals surface area contributed by atoms with Crippen LogP contribution < -0.4 is 4.74 Å². The number of hydrogen-bond acceptors (Lipinski definition) is 5. The third-order valence-electron chi connectivity index (χ3n) is 5.30. The molecule has 2 heterocycles. The molecular formula is C24H30N4O3Si. The van der Waals surface area contributed by atoms with Crippen LogP contribution in [0.4, 0.5) is 0 Å². The van der Waals surface area contributed by atoms with Gasteiger partial charge in [0.25, 0.3) is 0 Å². The Hall–Kier alpha value is -2.94. The minimum Gasteiger partial charge on any atom is -0.457 e. The van der Waals surface area contributed by atoms with Gasteiger partial charge in [0, 0.05) is 45.7 Å². The highest BCUT2D eigenvalue weighted by Gasteiger charge is 2.08. The predicted octanol–water partition coefficient (Wildman–Crippen LogP) is 4.54. The van der Waals surface area contributed by atoms with E-state index in [9.17, 15) is 0 Å². The monoisotopic (exact) mass is 450 g/mol. The Bertz CT molecular complexity index is 1140. The summed E-state index contributed by atoms with van der Waals surface area (Å²) in [5.74, 6) is 1.53. The van der Waals surface area contributed by atoms with E-state index in [0.717, 1.165) is 40.3 Å². The number of hydrogen-bond donors (Lipinski definition) is 1. The van der Waals surface area contributed by atoms with E-state index in [2.05, 4.69) is 23.3 Å². The van der Waals surface area contributed by atoms with Crippen LogP contribution in [0.2, 0.25) is 19.1 Å². The molecule has 0 aliphatic heterocycles. The van der Waals surface area contributed by atoms with Crippen LogP contribution in [-0.4, -0.2) is 46.7 Å². The van der Waals surface area contributed by atoms with E-state index in [-0.39, 0.29) is 6.61 Å². The molecule has 0 bridgehead atoms. The maximum Gasteiger partial charge on any atom is 0.139 e. The van der Waals surface area contributed by atoms with Gasteiger partial charge >= 0.3 is 0 Å². The van der Waals surface area contributed by atoms with Gasteiger partial charge in [0.15, 0.2) is 0 Å². The van der Waals surface area contributed by atoms with E-state index in [1.807, 2.05) is 64.1 Å². The fraction of sp³-hybridized carbons (Fsp3) is 0.333. The van der Waals surface area contributed by atoms with Crippen LogP contribution in [0.25, 0.3) is 22.2 Å². The summed E-state index contributed by atoms with van der Waals surface area (Å²) in [6, 6.07) is 17.1. The number of benzene rings is 2. The molecule has 0 fully saturated rings. The van der Waals surface area contributed by atoms with Gasteiger partial charge in [-0.1, -0.05) is 13.1 Å². The highest BCUT2D eigenvalue weighted by atomic mass is 28.3. The first-order valence-corrected chi connectivity index (χ1v) is 14.2. The molecule has 0 unspecified atom stereocenters. The lowest BCUT2D eigenvalue weighted by atomic mass is 10.1. The third kappa shape index (κ3) is 5.45. The molecule has 2 aromatic heterocycles. The second kappa shape index (κ2) is 10.6.